The van der Waals surface area contributed by atoms with E-state index in [-0.39, 0.29) is 0 Å². The second-order valence-electron chi connectivity index (χ2n) is 2.48. The van der Waals surface area contributed by atoms with E-state index in [0.717, 1.165) is 23.0 Å². The van der Waals surface area contributed by atoms with Crippen LogP contribution in [0.2, 0.25) is 0 Å². The van der Waals surface area contributed by atoms with E-state index in [1.807, 2.05) is 0 Å². The number of thioether (sulfide) groups is 1. The van der Waals surface area contributed by atoms with Gasteiger partial charge in [-0.15, -0.1) is 0 Å². The summed E-state index contributed by atoms with van der Waals surface area (Å²) in [7, 11) is -0.686. The molecule has 1 fully saturated rings. The van der Waals surface area contributed by atoms with Gasteiger partial charge in [-0.05, 0) is 6.42 Å². The van der Waals surface area contributed by atoms with Crippen molar-refractivity contribution in [2.75, 3.05) is 18.6 Å². The summed E-state index contributed by atoms with van der Waals surface area (Å²) < 4.78 is 11.7. The third-order valence-corrected chi connectivity index (χ3v) is 4.04. The topological polar surface area (TPSA) is 29.1 Å². The molecule has 1 N–H and O–H groups in total. The summed E-state index contributed by atoms with van der Waals surface area (Å²) in [5.41, 5.74) is 0. The van der Waals surface area contributed by atoms with Crippen LogP contribution in [-0.2, 0) is 10.8 Å². The highest BCUT2D eigenvalue weighted by Crippen LogP contribution is 2.19. The van der Waals surface area contributed by atoms with Crippen molar-refractivity contribution in [2.24, 2.45) is 0 Å². The molecule has 0 spiro atoms. The first-order chi connectivity index (χ1) is 5.18. The molecule has 11 heavy (non-hydrogen) atoms. The molecule has 1 aliphatic rings. The number of nitrogens with one attached hydrogen (secondary N) is 1. The predicted molar refractivity (Wildman–Crippen MR) is 55.5 cm³/mol. The van der Waals surface area contributed by atoms with Gasteiger partial charge in [-0.25, -0.2) is 0 Å². The molecule has 5 heteroatoms. The van der Waals surface area contributed by atoms with Crippen molar-refractivity contribution in [2.45, 2.75) is 11.7 Å². The van der Waals surface area contributed by atoms with Crippen molar-refractivity contribution in [1.82, 2.24) is 5.32 Å². The maximum atomic E-state index is 10.9. The molecule has 0 aromatic rings. The molecule has 0 bridgehead atoms. The minimum atomic E-state index is -0.686. The fourth-order valence-electron chi connectivity index (χ4n) is 0.966. The molecule has 1 rings (SSSR count). The van der Waals surface area contributed by atoms with Gasteiger partial charge in [0.05, 0.1) is 0 Å². The molecule has 1 saturated heterocycles. The molecule has 64 valence electrons. The molecule has 2 atom stereocenters. The molecule has 2 nitrogen and oxygen atoms in total. The van der Waals surface area contributed by atoms with Crippen LogP contribution in [0.5, 0.6) is 0 Å². The van der Waals surface area contributed by atoms with Crippen LogP contribution in [0.1, 0.15) is 6.42 Å². The third-order valence-electron chi connectivity index (χ3n) is 1.43. The van der Waals surface area contributed by atoms with Crippen molar-refractivity contribution in [3.8, 4) is 0 Å². The summed E-state index contributed by atoms with van der Waals surface area (Å²) in [6.45, 7) is 0.938. The van der Waals surface area contributed by atoms with E-state index in [9.17, 15) is 4.21 Å². The smallest absolute Gasteiger partial charge is 0.134 e. The lowest BCUT2D eigenvalue weighted by Gasteiger charge is -2.21. The van der Waals surface area contributed by atoms with Crippen LogP contribution in [0.4, 0.5) is 0 Å². The lowest BCUT2D eigenvalue weighted by atomic mass is 10.3. The van der Waals surface area contributed by atoms with Gasteiger partial charge < -0.3 is 5.32 Å². The lowest BCUT2D eigenvalue weighted by molar-refractivity contribution is 0.681. The third kappa shape index (κ3) is 3.53. The Morgan fingerprint density at radius 2 is 2.64 bits per heavy atom. The zero-order chi connectivity index (χ0) is 8.27. The van der Waals surface area contributed by atoms with Crippen LogP contribution in [0.25, 0.3) is 0 Å². The van der Waals surface area contributed by atoms with Crippen LogP contribution >= 0.6 is 24.0 Å². The average molecular weight is 209 g/mol. The first-order valence-corrected chi connectivity index (χ1v) is 6.44. The molecule has 0 aromatic heterocycles. The van der Waals surface area contributed by atoms with E-state index >= 15 is 0 Å². The van der Waals surface area contributed by atoms with Gasteiger partial charge >= 0.3 is 0 Å². The summed E-state index contributed by atoms with van der Waals surface area (Å²) in [4.78, 5) is 0. The van der Waals surface area contributed by atoms with Gasteiger partial charge in [0.25, 0.3) is 0 Å². The molecule has 0 aliphatic carbocycles. The summed E-state index contributed by atoms with van der Waals surface area (Å²) >= 11 is 6.63. The lowest BCUT2D eigenvalue weighted by Crippen LogP contribution is -2.32. The van der Waals surface area contributed by atoms with E-state index in [1.165, 1.54) is 0 Å². The number of thiocarbonyl (C=S) groups is 1. The molecule has 0 saturated carbocycles. The van der Waals surface area contributed by atoms with Gasteiger partial charge in [0.1, 0.15) is 4.32 Å². The highest BCUT2D eigenvalue weighted by atomic mass is 32.2. The van der Waals surface area contributed by atoms with E-state index in [0.29, 0.717) is 5.25 Å². The van der Waals surface area contributed by atoms with E-state index in [2.05, 4.69) is 5.32 Å². The second kappa shape index (κ2) is 4.42. The summed E-state index contributed by atoms with van der Waals surface area (Å²) in [5, 5.41) is 3.55. The number of rotatable bonds is 2. The van der Waals surface area contributed by atoms with Crippen molar-refractivity contribution in [3.63, 3.8) is 0 Å². The van der Waals surface area contributed by atoms with Gasteiger partial charge in [-0.3, -0.25) is 4.21 Å². The fourth-order valence-corrected chi connectivity index (χ4v) is 3.74. The van der Waals surface area contributed by atoms with Crippen LogP contribution in [-0.4, -0.2) is 32.3 Å². The predicted octanol–water partition coefficient (Wildman–Crippen LogP) is 0.745. The SMILES string of the molecule is CS(=O)CC1CCNC(=S)S1. The Labute approximate surface area is 79.0 Å². The van der Waals surface area contributed by atoms with E-state index < -0.39 is 10.8 Å². The minimum absolute atomic E-state index is 0.467. The van der Waals surface area contributed by atoms with Crippen LogP contribution < -0.4 is 5.32 Å². The molecule has 1 heterocycles. The highest BCUT2D eigenvalue weighted by Gasteiger charge is 2.17. The molecule has 0 amide bonds. The zero-order valence-corrected chi connectivity index (χ0v) is 8.78. The highest BCUT2D eigenvalue weighted by molar-refractivity contribution is 8.23. The van der Waals surface area contributed by atoms with Crippen molar-refractivity contribution in [1.29, 1.82) is 0 Å². The second-order valence-corrected chi connectivity index (χ2v) is 5.94. The Morgan fingerprint density at radius 3 is 3.18 bits per heavy atom. The summed E-state index contributed by atoms with van der Waals surface area (Å²) in [6.07, 6.45) is 2.82. The van der Waals surface area contributed by atoms with Crippen LogP contribution in [0, 0.1) is 0 Å². The minimum Gasteiger partial charge on any atom is -0.371 e. The summed E-state index contributed by atoms with van der Waals surface area (Å²) in [5.74, 6) is 0.770. The first-order valence-electron chi connectivity index (χ1n) is 3.43. The normalized spacial score (nSPS) is 27.7. The quantitative estimate of drug-likeness (QED) is 0.679. The molecule has 0 radical (unpaired) electrons. The number of hydrogen-bond acceptors (Lipinski definition) is 3. The Bertz CT molecular complexity index is 181. The maximum Gasteiger partial charge on any atom is 0.134 e. The van der Waals surface area contributed by atoms with Crippen LogP contribution in [0.3, 0.4) is 0 Å². The van der Waals surface area contributed by atoms with Gasteiger partial charge in [-0.2, -0.15) is 0 Å². The molecule has 1 aliphatic heterocycles. The zero-order valence-electron chi connectivity index (χ0n) is 6.33. The Kier molecular flexibility index (Phi) is 3.81. The van der Waals surface area contributed by atoms with E-state index in [1.54, 1.807) is 18.0 Å². The number of hydrogen-bond donors (Lipinski definition) is 1. The van der Waals surface area contributed by atoms with E-state index in [4.69, 9.17) is 12.2 Å². The molecule has 0 aromatic carbocycles. The van der Waals surface area contributed by atoms with Gasteiger partial charge in [0.2, 0.25) is 0 Å². The maximum absolute atomic E-state index is 10.9. The largest absolute Gasteiger partial charge is 0.371 e. The standard InChI is InChI=1S/C6H11NOS3/c1-11(8)4-5-2-3-7-6(9)10-5/h5H,2-4H2,1H3,(H,7,9). The monoisotopic (exact) mass is 209 g/mol. The first kappa shape index (κ1) is 9.48. The molecular formula is C6H11NOS3. The van der Waals surface area contributed by atoms with Crippen molar-refractivity contribution in [3.05, 3.63) is 0 Å². The van der Waals surface area contributed by atoms with Crippen molar-refractivity contribution < 1.29 is 4.21 Å². The fraction of sp³-hybridized carbons (Fsp3) is 0.833. The van der Waals surface area contributed by atoms with Gasteiger partial charge in [0, 0.05) is 34.6 Å². The van der Waals surface area contributed by atoms with Crippen molar-refractivity contribution >= 4 is 39.1 Å². The van der Waals surface area contributed by atoms with Crippen LogP contribution in [0.15, 0.2) is 0 Å². The average Bonchev–Trinajstić information content (AvgIpc) is 1.85. The molecular weight excluding hydrogens is 198 g/mol. The molecule has 2 unspecified atom stereocenters. The Balaban J connectivity index is 2.34. The Hall–Kier alpha value is 0.390. The van der Waals surface area contributed by atoms with Gasteiger partial charge in [0.15, 0.2) is 0 Å². The summed E-state index contributed by atoms with van der Waals surface area (Å²) in [6, 6.07) is 0. The van der Waals surface area contributed by atoms with Gasteiger partial charge in [-0.1, -0.05) is 24.0 Å². The Morgan fingerprint density at radius 1 is 1.91 bits per heavy atom.